The minimum Gasteiger partial charge on any atom is -0.484 e. The highest BCUT2D eigenvalue weighted by Crippen LogP contribution is 2.24. The van der Waals surface area contributed by atoms with E-state index in [2.05, 4.69) is 10.6 Å². The Morgan fingerprint density at radius 1 is 0.889 bits per heavy atom. The molecule has 1 amide bonds. The summed E-state index contributed by atoms with van der Waals surface area (Å²) in [6.45, 7) is 1.85. The van der Waals surface area contributed by atoms with Gasteiger partial charge in [-0.3, -0.25) is 4.79 Å². The molecule has 0 aliphatic rings. The van der Waals surface area contributed by atoms with Crippen LogP contribution in [0.3, 0.4) is 0 Å². The van der Waals surface area contributed by atoms with Crippen LogP contribution in [0.1, 0.15) is 5.56 Å². The molecule has 3 rings (SSSR count). The molecule has 0 unspecified atom stereocenters. The molecular weight excluding hydrogens is 350 g/mol. The van der Waals surface area contributed by atoms with E-state index in [1.54, 1.807) is 36.4 Å². The van der Waals surface area contributed by atoms with Crippen molar-refractivity contribution >= 4 is 23.0 Å². The Balaban J connectivity index is 1.55. The fraction of sp³-hybridized carbons (Fsp3) is 0.0952. The maximum absolute atomic E-state index is 13.7. The first-order valence-corrected chi connectivity index (χ1v) is 8.32. The van der Waals surface area contributed by atoms with Crippen molar-refractivity contribution in [2.75, 3.05) is 17.2 Å². The molecule has 0 saturated carbocycles. The van der Waals surface area contributed by atoms with Crippen LogP contribution in [-0.4, -0.2) is 12.5 Å². The van der Waals surface area contributed by atoms with Gasteiger partial charge in [0.05, 0.1) is 0 Å². The van der Waals surface area contributed by atoms with Crippen LogP contribution in [0.2, 0.25) is 0 Å². The van der Waals surface area contributed by atoms with Crippen molar-refractivity contribution in [2.24, 2.45) is 0 Å². The predicted octanol–water partition coefficient (Wildman–Crippen LogP) is 5.03. The summed E-state index contributed by atoms with van der Waals surface area (Å²) in [6, 6.07) is 17.5. The van der Waals surface area contributed by atoms with Gasteiger partial charge in [-0.25, -0.2) is 8.78 Å². The summed E-state index contributed by atoms with van der Waals surface area (Å²) in [5.41, 5.74) is 1.93. The SMILES string of the molecule is Cc1ccc(OCC(=O)Nc2ccc(Nc3c(F)cccc3F)cc2)cc1. The maximum atomic E-state index is 13.7. The predicted molar refractivity (Wildman–Crippen MR) is 101 cm³/mol. The molecule has 0 bridgehead atoms. The van der Waals surface area contributed by atoms with E-state index in [0.717, 1.165) is 5.56 Å². The first kappa shape index (κ1) is 18.4. The van der Waals surface area contributed by atoms with Crippen molar-refractivity contribution in [3.8, 4) is 5.75 Å². The molecule has 6 heteroatoms. The Bertz CT molecular complexity index is 906. The molecule has 3 aromatic carbocycles. The molecule has 138 valence electrons. The highest BCUT2D eigenvalue weighted by Gasteiger charge is 2.09. The van der Waals surface area contributed by atoms with Gasteiger partial charge in [0.1, 0.15) is 23.1 Å². The second kappa shape index (κ2) is 8.31. The van der Waals surface area contributed by atoms with E-state index >= 15 is 0 Å². The van der Waals surface area contributed by atoms with E-state index < -0.39 is 11.6 Å². The summed E-state index contributed by atoms with van der Waals surface area (Å²) >= 11 is 0. The van der Waals surface area contributed by atoms with Crippen molar-refractivity contribution in [2.45, 2.75) is 6.92 Å². The second-order valence-corrected chi connectivity index (χ2v) is 5.95. The minimum atomic E-state index is -0.680. The third kappa shape index (κ3) is 5.04. The molecule has 0 aliphatic carbocycles. The van der Waals surface area contributed by atoms with Gasteiger partial charge in [0.2, 0.25) is 0 Å². The number of nitrogens with one attached hydrogen (secondary N) is 2. The number of carbonyl (C=O) groups excluding carboxylic acids is 1. The van der Waals surface area contributed by atoms with Gasteiger partial charge in [0.25, 0.3) is 5.91 Å². The number of amides is 1. The number of halogens is 2. The van der Waals surface area contributed by atoms with Gasteiger partial charge in [-0.1, -0.05) is 23.8 Å². The fourth-order valence-electron chi connectivity index (χ4n) is 2.38. The Labute approximate surface area is 155 Å². The molecule has 4 nitrogen and oxygen atoms in total. The van der Waals surface area contributed by atoms with E-state index in [4.69, 9.17) is 4.74 Å². The first-order chi connectivity index (χ1) is 13.0. The number of para-hydroxylation sites is 1. The molecule has 0 radical (unpaired) electrons. The smallest absolute Gasteiger partial charge is 0.262 e. The molecule has 0 aliphatic heterocycles. The van der Waals surface area contributed by atoms with Gasteiger partial charge in [-0.2, -0.15) is 0 Å². The summed E-state index contributed by atoms with van der Waals surface area (Å²) in [4.78, 5) is 12.0. The van der Waals surface area contributed by atoms with E-state index in [1.807, 2.05) is 19.1 Å². The van der Waals surface area contributed by atoms with E-state index in [-0.39, 0.29) is 18.2 Å². The van der Waals surface area contributed by atoms with Crippen molar-refractivity contribution < 1.29 is 18.3 Å². The monoisotopic (exact) mass is 368 g/mol. The molecule has 0 heterocycles. The average molecular weight is 368 g/mol. The highest BCUT2D eigenvalue weighted by atomic mass is 19.1. The molecule has 0 saturated heterocycles. The van der Waals surface area contributed by atoms with Gasteiger partial charge < -0.3 is 15.4 Å². The zero-order chi connectivity index (χ0) is 19.2. The van der Waals surface area contributed by atoms with Crippen LogP contribution < -0.4 is 15.4 Å². The van der Waals surface area contributed by atoms with Crippen molar-refractivity contribution in [1.82, 2.24) is 0 Å². The lowest BCUT2D eigenvalue weighted by atomic mass is 10.2. The summed E-state index contributed by atoms with van der Waals surface area (Å²) in [5, 5.41) is 5.38. The largest absolute Gasteiger partial charge is 0.484 e. The van der Waals surface area contributed by atoms with Crippen LogP contribution in [0.4, 0.5) is 25.8 Å². The molecule has 2 N–H and O–H groups in total. The minimum absolute atomic E-state index is 0.122. The molecule has 27 heavy (non-hydrogen) atoms. The molecular formula is C21H18F2N2O2. The Morgan fingerprint density at radius 3 is 2.11 bits per heavy atom. The van der Waals surface area contributed by atoms with Crippen LogP contribution in [0.15, 0.2) is 66.7 Å². The molecule has 0 aromatic heterocycles. The Hall–Kier alpha value is -3.41. The van der Waals surface area contributed by atoms with Crippen molar-refractivity contribution in [1.29, 1.82) is 0 Å². The Kier molecular flexibility index (Phi) is 5.66. The van der Waals surface area contributed by atoms with Crippen molar-refractivity contribution in [3.63, 3.8) is 0 Å². The van der Waals surface area contributed by atoms with Crippen LogP contribution >= 0.6 is 0 Å². The topological polar surface area (TPSA) is 50.4 Å². The lowest BCUT2D eigenvalue weighted by Crippen LogP contribution is -2.20. The Morgan fingerprint density at radius 2 is 1.48 bits per heavy atom. The molecule has 3 aromatic rings. The number of hydrogen-bond donors (Lipinski definition) is 2. The van der Waals surface area contributed by atoms with Gasteiger partial charge in [0.15, 0.2) is 6.61 Å². The number of rotatable bonds is 6. The number of aryl methyl sites for hydroxylation is 1. The van der Waals surface area contributed by atoms with Crippen molar-refractivity contribution in [3.05, 3.63) is 83.9 Å². The zero-order valence-electron chi connectivity index (χ0n) is 14.6. The summed E-state index contributed by atoms with van der Waals surface area (Å²) in [5.74, 6) is -1.06. The average Bonchev–Trinajstić information content (AvgIpc) is 2.66. The quantitative estimate of drug-likeness (QED) is 0.641. The number of ether oxygens (including phenoxy) is 1. The van der Waals surface area contributed by atoms with Crippen LogP contribution in [0.25, 0.3) is 0 Å². The number of anilines is 3. The van der Waals surface area contributed by atoms with E-state index in [1.165, 1.54) is 18.2 Å². The number of hydrogen-bond acceptors (Lipinski definition) is 3. The van der Waals surface area contributed by atoms with Crippen LogP contribution in [-0.2, 0) is 4.79 Å². The third-order valence-corrected chi connectivity index (χ3v) is 3.79. The molecule has 0 fully saturated rings. The zero-order valence-corrected chi connectivity index (χ0v) is 14.6. The lowest BCUT2D eigenvalue weighted by molar-refractivity contribution is -0.118. The standard InChI is InChI=1S/C21H18F2N2O2/c1-14-5-11-17(12-6-14)27-13-20(26)24-15-7-9-16(10-8-15)25-21-18(22)3-2-4-19(21)23/h2-12,25H,13H2,1H3,(H,24,26). The van der Waals surface area contributed by atoms with Gasteiger partial charge >= 0.3 is 0 Å². The molecule has 0 spiro atoms. The van der Waals surface area contributed by atoms with E-state index in [9.17, 15) is 13.6 Å². The normalized spacial score (nSPS) is 10.3. The first-order valence-electron chi connectivity index (χ1n) is 8.32. The van der Waals surface area contributed by atoms with E-state index in [0.29, 0.717) is 17.1 Å². The second-order valence-electron chi connectivity index (χ2n) is 5.95. The lowest BCUT2D eigenvalue weighted by Gasteiger charge is -2.10. The van der Waals surface area contributed by atoms with Crippen LogP contribution in [0, 0.1) is 18.6 Å². The highest BCUT2D eigenvalue weighted by molar-refractivity contribution is 5.92. The number of benzene rings is 3. The third-order valence-electron chi connectivity index (χ3n) is 3.79. The summed E-state index contributed by atoms with van der Waals surface area (Å²) < 4.78 is 32.7. The van der Waals surface area contributed by atoms with Gasteiger partial charge in [0, 0.05) is 11.4 Å². The fourth-order valence-corrected chi connectivity index (χ4v) is 2.38. The number of carbonyl (C=O) groups is 1. The summed E-state index contributed by atoms with van der Waals surface area (Å²) in [6.07, 6.45) is 0. The summed E-state index contributed by atoms with van der Waals surface area (Å²) in [7, 11) is 0. The maximum Gasteiger partial charge on any atom is 0.262 e. The van der Waals surface area contributed by atoms with Gasteiger partial charge in [-0.15, -0.1) is 0 Å². The molecule has 0 atom stereocenters. The van der Waals surface area contributed by atoms with Gasteiger partial charge in [-0.05, 0) is 55.5 Å². The van der Waals surface area contributed by atoms with Crippen LogP contribution in [0.5, 0.6) is 5.75 Å².